The molecule has 31 heavy (non-hydrogen) atoms. The molecule has 0 fully saturated rings. The standard InChI is InChI=1S/C31H24/c1-23-30(27-13-7-3-8-14-27)21-29(22-31(23)28-15-9-4-10-16-28)26-19-17-25(18-20-26)24-11-5-2-6-12-24/h2-22H,1H3. The Kier molecular flexibility index (Phi) is 5.21. The summed E-state index contributed by atoms with van der Waals surface area (Å²) in [6.07, 6.45) is 0. The summed E-state index contributed by atoms with van der Waals surface area (Å²) in [5, 5.41) is 0. The summed E-state index contributed by atoms with van der Waals surface area (Å²) in [6, 6.07) is 45.4. The molecule has 0 aliphatic carbocycles. The second-order valence-corrected chi connectivity index (χ2v) is 7.87. The third kappa shape index (κ3) is 3.93. The fourth-order valence-electron chi connectivity index (χ4n) is 4.20. The van der Waals surface area contributed by atoms with Crippen LogP contribution in [-0.4, -0.2) is 0 Å². The molecule has 0 unspecified atom stereocenters. The summed E-state index contributed by atoms with van der Waals surface area (Å²) in [5.41, 5.74) is 11.3. The molecule has 0 N–H and O–H groups in total. The molecule has 0 heterocycles. The van der Waals surface area contributed by atoms with E-state index in [0.29, 0.717) is 0 Å². The Balaban J connectivity index is 1.65. The van der Waals surface area contributed by atoms with Gasteiger partial charge in [-0.2, -0.15) is 0 Å². The van der Waals surface area contributed by atoms with E-state index in [4.69, 9.17) is 0 Å². The van der Waals surface area contributed by atoms with Gasteiger partial charge in [0.25, 0.3) is 0 Å². The van der Waals surface area contributed by atoms with Gasteiger partial charge in [0.15, 0.2) is 0 Å². The minimum Gasteiger partial charge on any atom is -0.0622 e. The zero-order valence-electron chi connectivity index (χ0n) is 17.6. The quantitative estimate of drug-likeness (QED) is 0.285. The van der Waals surface area contributed by atoms with E-state index in [0.717, 1.165) is 0 Å². The van der Waals surface area contributed by atoms with Crippen molar-refractivity contribution in [2.75, 3.05) is 0 Å². The van der Waals surface area contributed by atoms with Gasteiger partial charge in [0.2, 0.25) is 0 Å². The summed E-state index contributed by atoms with van der Waals surface area (Å²) in [4.78, 5) is 0. The normalized spacial score (nSPS) is 10.7. The van der Waals surface area contributed by atoms with Crippen LogP contribution < -0.4 is 0 Å². The second kappa shape index (κ2) is 8.45. The molecule has 0 saturated carbocycles. The van der Waals surface area contributed by atoms with Gasteiger partial charge in [-0.25, -0.2) is 0 Å². The van der Waals surface area contributed by atoms with Gasteiger partial charge in [-0.15, -0.1) is 0 Å². The molecule has 0 nitrogen and oxygen atoms in total. The molecule has 0 saturated heterocycles. The molecule has 0 radical (unpaired) electrons. The molecule has 0 aliphatic heterocycles. The lowest BCUT2D eigenvalue weighted by molar-refractivity contribution is 1.44. The van der Waals surface area contributed by atoms with Crippen LogP contribution in [0.1, 0.15) is 5.56 Å². The van der Waals surface area contributed by atoms with Crippen molar-refractivity contribution < 1.29 is 0 Å². The molecule has 148 valence electrons. The molecule has 0 spiro atoms. The van der Waals surface area contributed by atoms with Gasteiger partial charge in [0.1, 0.15) is 0 Å². The van der Waals surface area contributed by atoms with Gasteiger partial charge in [0.05, 0.1) is 0 Å². The van der Waals surface area contributed by atoms with E-state index in [1.165, 1.54) is 50.1 Å². The fraction of sp³-hybridized carbons (Fsp3) is 0.0323. The third-order valence-corrected chi connectivity index (χ3v) is 5.90. The molecule has 0 amide bonds. The van der Waals surface area contributed by atoms with Crippen molar-refractivity contribution in [3.05, 3.63) is 133 Å². The number of benzene rings is 5. The number of hydrogen-bond acceptors (Lipinski definition) is 0. The maximum atomic E-state index is 2.33. The molecule has 0 aliphatic rings. The first kappa shape index (κ1) is 19.1. The minimum absolute atomic E-state index is 1.23. The third-order valence-electron chi connectivity index (χ3n) is 5.90. The Hall–Kier alpha value is -3.90. The maximum absolute atomic E-state index is 2.33. The fourth-order valence-corrected chi connectivity index (χ4v) is 4.20. The van der Waals surface area contributed by atoms with Crippen LogP contribution in [0.4, 0.5) is 0 Å². The van der Waals surface area contributed by atoms with E-state index in [1.54, 1.807) is 0 Å². The highest BCUT2D eigenvalue weighted by Crippen LogP contribution is 2.37. The average Bonchev–Trinajstić information content (AvgIpc) is 2.86. The van der Waals surface area contributed by atoms with Crippen molar-refractivity contribution in [3.8, 4) is 44.5 Å². The predicted octanol–water partition coefficient (Wildman–Crippen LogP) is 8.66. The van der Waals surface area contributed by atoms with Crippen molar-refractivity contribution >= 4 is 0 Å². The summed E-state index contributed by atoms with van der Waals surface area (Å²) in [6.45, 7) is 2.23. The van der Waals surface area contributed by atoms with Gasteiger partial charge in [-0.05, 0) is 69.1 Å². The first-order valence-electron chi connectivity index (χ1n) is 10.7. The van der Waals surface area contributed by atoms with Crippen molar-refractivity contribution in [2.24, 2.45) is 0 Å². The molecule has 5 aromatic carbocycles. The lowest BCUT2D eigenvalue weighted by atomic mass is 9.88. The van der Waals surface area contributed by atoms with Gasteiger partial charge >= 0.3 is 0 Å². The van der Waals surface area contributed by atoms with Crippen LogP contribution in [0, 0.1) is 6.92 Å². The van der Waals surface area contributed by atoms with Gasteiger partial charge in [-0.3, -0.25) is 0 Å². The van der Waals surface area contributed by atoms with E-state index in [9.17, 15) is 0 Å². The van der Waals surface area contributed by atoms with Crippen LogP contribution in [0.2, 0.25) is 0 Å². The summed E-state index contributed by atoms with van der Waals surface area (Å²) in [7, 11) is 0. The highest BCUT2D eigenvalue weighted by Gasteiger charge is 2.12. The molecular formula is C31H24. The first-order valence-corrected chi connectivity index (χ1v) is 10.7. The average molecular weight is 397 g/mol. The molecule has 0 atom stereocenters. The minimum atomic E-state index is 1.23. The molecular weight excluding hydrogens is 372 g/mol. The van der Waals surface area contributed by atoms with E-state index in [2.05, 4.69) is 134 Å². The molecule has 5 rings (SSSR count). The Labute approximate surface area is 184 Å². The van der Waals surface area contributed by atoms with E-state index >= 15 is 0 Å². The molecule has 0 aromatic heterocycles. The lowest BCUT2D eigenvalue weighted by Crippen LogP contribution is -1.91. The maximum Gasteiger partial charge on any atom is -0.0142 e. The number of rotatable bonds is 4. The summed E-state index contributed by atoms with van der Waals surface area (Å²) < 4.78 is 0. The Bertz CT molecular complexity index is 1220. The predicted molar refractivity (Wildman–Crippen MR) is 133 cm³/mol. The van der Waals surface area contributed by atoms with E-state index in [1.807, 2.05) is 0 Å². The summed E-state index contributed by atoms with van der Waals surface area (Å²) >= 11 is 0. The van der Waals surface area contributed by atoms with Crippen LogP contribution in [0.5, 0.6) is 0 Å². The Morgan fingerprint density at radius 1 is 0.323 bits per heavy atom. The van der Waals surface area contributed by atoms with Gasteiger partial charge in [-0.1, -0.05) is 115 Å². The van der Waals surface area contributed by atoms with Gasteiger partial charge in [0, 0.05) is 0 Å². The number of hydrogen-bond donors (Lipinski definition) is 0. The zero-order valence-corrected chi connectivity index (χ0v) is 17.6. The first-order chi connectivity index (χ1) is 15.3. The Morgan fingerprint density at radius 2 is 0.645 bits per heavy atom. The van der Waals surface area contributed by atoms with E-state index in [-0.39, 0.29) is 0 Å². The van der Waals surface area contributed by atoms with Crippen LogP contribution in [0.3, 0.4) is 0 Å². The summed E-state index contributed by atoms with van der Waals surface area (Å²) in [5.74, 6) is 0. The van der Waals surface area contributed by atoms with E-state index < -0.39 is 0 Å². The lowest BCUT2D eigenvalue weighted by Gasteiger charge is -2.16. The van der Waals surface area contributed by atoms with Crippen LogP contribution in [-0.2, 0) is 0 Å². The highest BCUT2D eigenvalue weighted by atomic mass is 14.2. The van der Waals surface area contributed by atoms with Crippen molar-refractivity contribution in [1.82, 2.24) is 0 Å². The van der Waals surface area contributed by atoms with Crippen molar-refractivity contribution in [1.29, 1.82) is 0 Å². The SMILES string of the molecule is Cc1c(-c2ccccc2)cc(-c2ccc(-c3ccccc3)cc2)cc1-c1ccccc1. The van der Waals surface area contributed by atoms with Crippen molar-refractivity contribution in [3.63, 3.8) is 0 Å². The van der Waals surface area contributed by atoms with Crippen LogP contribution in [0.25, 0.3) is 44.5 Å². The zero-order chi connectivity index (χ0) is 21.0. The van der Waals surface area contributed by atoms with Crippen molar-refractivity contribution in [2.45, 2.75) is 6.92 Å². The molecule has 0 heteroatoms. The molecule has 0 bridgehead atoms. The monoisotopic (exact) mass is 396 g/mol. The highest BCUT2D eigenvalue weighted by molar-refractivity contribution is 5.85. The molecule has 5 aromatic rings. The second-order valence-electron chi connectivity index (χ2n) is 7.87. The topological polar surface area (TPSA) is 0 Å². The van der Waals surface area contributed by atoms with Gasteiger partial charge < -0.3 is 0 Å². The van der Waals surface area contributed by atoms with Crippen LogP contribution >= 0.6 is 0 Å². The Morgan fingerprint density at radius 3 is 1.06 bits per heavy atom. The van der Waals surface area contributed by atoms with Crippen LogP contribution in [0.15, 0.2) is 127 Å². The largest absolute Gasteiger partial charge is 0.0622 e. The smallest absolute Gasteiger partial charge is 0.0142 e.